The first-order valence-electron chi connectivity index (χ1n) is 9.68. The minimum Gasteiger partial charge on any atom is -0.379 e. The van der Waals surface area contributed by atoms with Crippen molar-refractivity contribution in [2.24, 2.45) is 0 Å². The van der Waals surface area contributed by atoms with Crippen LogP contribution in [0.25, 0.3) is 0 Å². The van der Waals surface area contributed by atoms with Crippen molar-refractivity contribution in [3.05, 3.63) is 64.2 Å². The van der Waals surface area contributed by atoms with E-state index in [0.29, 0.717) is 30.5 Å². The van der Waals surface area contributed by atoms with E-state index in [0.717, 1.165) is 24.2 Å². The van der Waals surface area contributed by atoms with Crippen molar-refractivity contribution < 1.29 is 14.3 Å². The number of nitrogens with zero attached hydrogens (tertiary/aromatic N) is 1. The minimum atomic E-state index is -0.708. The lowest BCUT2D eigenvalue weighted by Crippen LogP contribution is -2.45. The molecule has 1 aliphatic heterocycles. The molecule has 0 aromatic heterocycles. The Morgan fingerprint density at radius 2 is 1.76 bits per heavy atom. The summed E-state index contributed by atoms with van der Waals surface area (Å²) in [5.41, 5.74) is 3.53. The summed E-state index contributed by atoms with van der Waals surface area (Å²) in [5, 5.41) is 5.95. The van der Waals surface area contributed by atoms with Gasteiger partial charge in [0.2, 0.25) is 0 Å². The van der Waals surface area contributed by atoms with Gasteiger partial charge in [0, 0.05) is 30.3 Å². The van der Waals surface area contributed by atoms with Gasteiger partial charge in [-0.1, -0.05) is 47.5 Å². The zero-order valence-corrected chi connectivity index (χ0v) is 17.5. The highest BCUT2D eigenvalue weighted by atomic mass is 35.5. The van der Waals surface area contributed by atoms with E-state index >= 15 is 0 Å². The molecule has 0 saturated carbocycles. The average molecular weight is 416 g/mol. The minimum absolute atomic E-state index is 0.0239. The lowest BCUT2D eigenvalue weighted by molar-refractivity contribution is -0.136. The predicted molar refractivity (Wildman–Crippen MR) is 114 cm³/mol. The van der Waals surface area contributed by atoms with Gasteiger partial charge >= 0.3 is 11.8 Å². The molecule has 1 aliphatic rings. The molecule has 0 unspecified atom stereocenters. The molecule has 0 aliphatic carbocycles. The number of hydrogen-bond acceptors (Lipinski definition) is 4. The number of amides is 2. The summed E-state index contributed by atoms with van der Waals surface area (Å²) in [5.74, 6) is -1.38. The second kappa shape index (κ2) is 9.87. The normalized spacial score (nSPS) is 15.6. The average Bonchev–Trinajstić information content (AvgIpc) is 2.73. The van der Waals surface area contributed by atoms with E-state index in [4.69, 9.17) is 16.3 Å². The van der Waals surface area contributed by atoms with Gasteiger partial charge in [-0.15, -0.1) is 0 Å². The Bertz CT molecular complexity index is 864. The van der Waals surface area contributed by atoms with Crippen molar-refractivity contribution in [1.82, 2.24) is 10.2 Å². The third-order valence-corrected chi connectivity index (χ3v) is 5.54. The van der Waals surface area contributed by atoms with Crippen molar-refractivity contribution in [2.75, 3.05) is 38.2 Å². The van der Waals surface area contributed by atoms with Crippen molar-refractivity contribution >= 4 is 29.1 Å². The third kappa shape index (κ3) is 5.56. The number of benzene rings is 2. The maximum Gasteiger partial charge on any atom is 0.313 e. The van der Waals surface area contributed by atoms with Crippen LogP contribution >= 0.6 is 11.6 Å². The largest absolute Gasteiger partial charge is 0.379 e. The van der Waals surface area contributed by atoms with E-state index < -0.39 is 11.8 Å². The molecule has 3 rings (SSSR count). The third-order valence-electron chi connectivity index (χ3n) is 5.13. The Morgan fingerprint density at radius 3 is 2.45 bits per heavy atom. The summed E-state index contributed by atoms with van der Waals surface area (Å²) in [6.45, 7) is 7.04. The fourth-order valence-electron chi connectivity index (χ4n) is 3.33. The molecule has 0 bridgehead atoms. The molecular weight excluding hydrogens is 390 g/mol. The Kier molecular flexibility index (Phi) is 7.25. The van der Waals surface area contributed by atoms with Crippen LogP contribution in [0.2, 0.25) is 5.02 Å². The number of aryl methyl sites for hydroxylation is 1. The molecule has 1 heterocycles. The lowest BCUT2D eigenvalue weighted by atomic mass is 10.0. The number of carbonyl (C=O) groups excluding carboxylic acids is 2. The van der Waals surface area contributed by atoms with Crippen LogP contribution in [0.5, 0.6) is 0 Å². The SMILES string of the molecule is Cc1ccc([C@H](CNC(=O)C(=O)Nc2cccc(Cl)c2C)N2CCOCC2)cc1. The number of hydrogen-bond donors (Lipinski definition) is 2. The molecule has 0 radical (unpaired) electrons. The quantitative estimate of drug-likeness (QED) is 0.736. The molecule has 7 heteroatoms. The first kappa shape index (κ1) is 21.3. The fraction of sp³-hybridized carbons (Fsp3) is 0.364. The van der Waals surface area contributed by atoms with Gasteiger partial charge < -0.3 is 15.4 Å². The summed E-state index contributed by atoms with van der Waals surface area (Å²) >= 11 is 6.08. The molecule has 1 saturated heterocycles. The van der Waals surface area contributed by atoms with Gasteiger partial charge in [0.15, 0.2) is 0 Å². The Labute approximate surface area is 176 Å². The Balaban J connectivity index is 1.66. The number of rotatable bonds is 5. The molecule has 6 nitrogen and oxygen atoms in total. The van der Waals surface area contributed by atoms with Gasteiger partial charge in [0.05, 0.1) is 19.3 Å². The molecule has 2 N–H and O–H groups in total. The monoisotopic (exact) mass is 415 g/mol. The van der Waals surface area contributed by atoms with E-state index in [1.807, 2.05) is 6.92 Å². The zero-order valence-electron chi connectivity index (χ0n) is 16.7. The van der Waals surface area contributed by atoms with Crippen LogP contribution in [-0.2, 0) is 14.3 Å². The Hall–Kier alpha value is -2.41. The van der Waals surface area contributed by atoms with Crippen molar-refractivity contribution in [3.8, 4) is 0 Å². The summed E-state index contributed by atoms with van der Waals surface area (Å²) in [4.78, 5) is 27.0. The lowest BCUT2D eigenvalue weighted by Gasteiger charge is -2.35. The van der Waals surface area contributed by atoms with Gasteiger partial charge in [-0.3, -0.25) is 14.5 Å². The molecule has 0 spiro atoms. The Morgan fingerprint density at radius 1 is 1.07 bits per heavy atom. The number of anilines is 1. The van der Waals surface area contributed by atoms with E-state index in [9.17, 15) is 9.59 Å². The topological polar surface area (TPSA) is 70.7 Å². The van der Waals surface area contributed by atoms with Gasteiger partial charge in [0.1, 0.15) is 0 Å². The van der Waals surface area contributed by atoms with E-state index in [1.165, 1.54) is 5.56 Å². The summed E-state index contributed by atoms with van der Waals surface area (Å²) in [7, 11) is 0. The highest BCUT2D eigenvalue weighted by Crippen LogP contribution is 2.23. The number of ether oxygens (including phenoxy) is 1. The van der Waals surface area contributed by atoms with Crippen molar-refractivity contribution in [3.63, 3.8) is 0 Å². The molecule has 1 fully saturated rings. The fourth-order valence-corrected chi connectivity index (χ4v) is 3.50. The van der Waals surface area contributed by atoms with Crippen LogP contribution in [0, 0.1) is 13.8 Å². The second-order valence-electron chi connectivity index (χ2n) is 7.15. The highest BCUT2D eigenvalue weighted by Gasteiger charge is 2.24. The summed E-state index contributed by atoms with van der Waals surface area (Å²) in [6.07, 6.45) is 0. The molecule has 154 valence electrons. The first-order chi connectivity index (χ1) is 14.0. The van der Waals surface area contributed by atoms with Gasteiger partial charge in [-0.2, -0.15) is 0 Å². The summed E-state index contributed by atoms with van der Waals surface area (Å²) < 4.78 is 5.45. The van der Waals surface area contributed by atoms with E-state index in [2.05, 4.69) is 39.8 Å². The number of morpholine rings is 1. The maximum atomic E-state index is 12.4. The molecule has 2 amide bonds. The molecule has 1 atom stereocenters. The van der Waals surface area contributed by atoms with Gasteiger partial charge in [0.25, 0.3) is 0 Å². The van der Waals surface area contributed by atoms with Crippen LogP contribution in [-0.4, -0.2) is 49.6 Å². The van der Waals surface area contributed by atoms with Crippen LogP contribution < -0.4 is 10.6 Å². The second-order valence-corrected chi connectivity index (χ2v) is 7.56. The maximum absolute atomic E-state index is 12.4. The van der Waals surface area contributed by atoms with Crippen LogP contribution in [0.15, 0.2) is 42.5 Å². The number of carbonyl (C=O) groups is 2. The predicted octanol–water partition coefficient (Wildman–Crippen LogP) is 3.09. The standard InChI is InChI=1S/C22H26ClN3O3/c1-15-6-8-17(9-7-15)20(26-10-12-29-13-11-26)14-24-21(27)22(28)25-19-5-3-4-18(23)16(19)2/h3-9,20H,10-14H2,1-2H3,(H,24,27)(H,25,28)/t20-/m0/s1. The number of halogens is 1. The number of nitrogens with one attached hydrogen (secondary N) is 2. The van der Waals surface area contributed by atoms with Crippen molar-refractivity contribution in [1.29, 1.82) is 0 Å². The van der Waals surface area contributed by atoms with Gasteiger partial charge in [-0.25, -0.2) is 0 Å². The van der Waals surface area contributed by atoms with Crippen LogP contribution in [0.1, 0.15) is 22.7 Å². The zero-order chi connectivity index (χ0) is 20.8. The first-order valence-corrected chi connectivity index (χ1v) is 10.1. The molecular formula is C22H26ClN3O3. The van der Waals surface area contributed by atoms with E-state index in [-0.39, 0.29) is 6.04 Å². The molecule has 2 aromatic carbocycles. The van der Waals surface area contributed by atoms with E-state index in [1.54, 1.807) is 25.1 Å². The van der Waals surface area contributed by atoms with Gasteiger partial charge in [-0.05, 0) is 37.1 Å². The molecule has 2 aromatic rings. The molecule has 29 heavy (non-hydrogen) atoms. The van der Waals surface area contributed by atoms with Crippen LogP contribution in [0.3, 0.4) is 0 Å². The smallest absolute Gasteiger partial charge is 0.313 e. The highest BCUT2D eigenvalue weighted by molar-refractivity contribution is 6.40. The summed E-state index contributed by atoms with van der Waals surface area (Å²) in [6, 6.07) is 13.4. The van der Waals surface area contributed by atoms with Crippen molar-refractivity contribution in [2.45, 2.75) is 19.9 Å². The van der Waals surface area contributed by atoms with Crippen LogP contribution in [0.4, 0.5) is 5.69 Å².